The minimum absolute atomic E-state index is 0.0637. The molecule has 9 heteroatoms. The van der Waals surface area contributed by atoms with Crippen LogP contribution in [0.3, 0.4) is 0 Å². The van der Waals surface area contributed by atoms with E-state index in [9.17, 15) is 18.4 Å². The van der Waals surface area contributed by atoms with E-state index in [1.807, 2.05) is 53.4 Å². The number of hydrogen-bond acceptors (Lipinski definition) is 5. The molecule has 1 aromatic heterocycles. The van der Waals surface area contributed by atoms with Crippen molar-refractivity contribution in [1.29, 1.82) is 0 Å². The van der Waals surface area contributed by atoms with Crippen LogP contribution >= 0.6 is 0 Å². The number of nitrogens with two attached hydrogens (primary N) is 1. The second-order valence-electron chi connectivity index (χ2n) is 10.5. The number of benzene rings is 3. The maximum Gasteiger partial charge on any atom is 0.331 e. The molecular weight excluding hydrogens is 524 g/mol. The molecule has 1 fully saturated rings. The van der Waals surface area contributed by atoms with E-state index in [0.29, 0.717) is 24.5 Å². The summed E-state index contributed by atoms with van der Waals surface area (Å²) in [5, 5.41) is 0. The Balaban J connectivity index is 1.46. The second-order valence-corrected chi connectivity index (χ2v) is 10.5. The molecule has 0 saturated carbocycles. The molecule has 214 valence electrons. The highest BCUT2D eigenvalue weighted by Gasteiger charge is 2.26. The lowest BCUT2D eigenvalue weighted by Crippen LogP contribution is -2.52. The van der Waals surface area contributed by atoms with Gasteiger partial charge in [0.1, 0.15) is 17.3 Å². The van der Waals surface area contributed by atoms with E-state index in [2.05, 4.69) is 17.0 Å². The zero-order chi connectivity index (χ0) is 28.9. The highest BCUT2D eigenvalue weighted by Crippen LogP contribution is 2.20. The number of aromatic nitrogens is 2. The van der Waals surface area contributed by atoms with E-state index in [1.54, 1.807) is 6.92 Å². The first-order valence-corrected chi connectivity index (χ1v) is 13.9. The Morgan fingerprint density at radius 1 is 0.805 bits per heavy atom. The van der Waals surface area contributed by atoms with Crippen LogP contribution < -0.4 is 21.9 Å². The van der Waals surface area contributed by atoms with Crippen molar-refractivity contribution in [3.05, 3.63) is 134 Å². The number of nitrogens with zero attached hydrogens (tertiary/aromatic N) is 4. The van der Waals surface area contributed by atoms with Gasteiger partial charge in [-0.05, 0) is 36.6 Å². The minimum atomic E-state index is -0.747. The standard InChI is InChI=1S/C32H35F2N5O2/c1-23-30(37-19-17-36(18-20-37)16-15-24-9-4-2-5-10-24)31(40)39(22-29(35)25-11-6-3-7-12-25)32(41)38(23)21-26-27(33)13-8-14-28(26)34/h2-14,29H,15-22,35H2,1H3/t29-/m1/s1. The maximum atomic E-state index is 14.6. The summed E-state index contributed by atoms with van der Waals surface area (Å²) >= 11 is 0. The van der Waals surface area contributed by atoms with Crippen molar-refractivity contribution in [2.24, 2.45) is 5.73 Å². The highest BCUT2D eigenvalue weighted by molar-refractivity contribution is 5.49. The topological polar surface area (TPSA) is 76.5 Å². The Morgan fingerprint density at radius 2 is 1.41 bits per heavy atom. The van der Waals surface area contributed by atoms with Crippen molar-refractivity contribution >= 4 is 5.69 Å². The number of piperazine rings is 1. The van der Waals surface area contributed by atoms with Gasteiger partial charge in [-0.15, -0.1) is 0 Å². The van der Waals surface area contributed by atoms with Gasteiger partial charge in [0.05, 0.1) is 13.1 Å². The van der Waals surface area contributed by atoms with Crippen molar-refractivity contribution in [2.45, 2.75) is 32.5 Å². The summed E-state index contributed by atoms with van der Waals surface area (Å²) in [5.74, 6) is -1.49. The fourth-order valence-electron chi connectivity index (χ4n) is 5.47. The second kappa shape index (κ2) is 12.6. The summed E-state index contributed by atoms with van der Waals surface area (Å²) in [6.07, 6.45) is 0.934. The van der Waals surface area contributed by atoms with Gasteiger partial charge in [-0.2, -0.15) is 0 Å². The van der Waals surface area contributed by atoms with Crippen molar-refractivity contribution in [1.82, 2.24) is 14.0 Å². The van der Waals surface area contributed by atoms with Crippen LogP contribution in [0.5, 0.6) is 0 Å². The maximum absolute atomic E-state index is 14.6. The summed E-state index contributed by atoms with van der Waals surface area (Å²) < 4.78 is 31.7. The fourth-order valence-corrected chi connectivity index (χ4v) is 5.47. The van der Waals surface area contributed by atoms with Crippen molar-refractivity contribution < 1.29 is 8.78 Å². The van der Waals surface area contributed by atoms with Crippen LogP contribution in [0.25, 0.3) is 0 Å². The molecule has 0 spiro atoms. The van der Waals surface area contributed by atoms with Crippen molar-refractivity contribution in [3.63, 3.8) is 0 Å². The lowest BCUT2D eigenvalue weighted by molar-refractivity contribution is 0.260. The SMILES string of the molecule is Cc1c(N2CCN(CCc3ccccc3)CC2)c(=O)n(C[C@@H](N)c2ccccc2)c(=O)n1Cc1c(F)cccc1F. The summed E-state index contributed by atoms with van der Waals surface area (Å²) in [7, 11) is 0. The van der Waals surface area contributed by atoms with Crippen molar-refractivity contribution in [2.75, 3.05) is 37.6 Å². The van der Waals surface area contributed by atoms with E-state index >= 15 is 0 Å². The van der Waals surface area contributed by atoms with Gasteiger partial charge in [0, 0.05) is 50.0 Å². The molecule has 3 aromatic carbocycles. The first-order chi connectivity index (χ1) is 19.8. The van der Waals surface area contributed by atoms with Crippen LogP contribution in [0, 0.1) is 18.6 Å². The van der Waals surface area contributed by atoms with Crippen LogP contribution in [-0.4, -0.2) is 46.8 Å². The van der Waals surface area contributed by atoms with Gasteiger partial charge in [-0.25, -0.2) is 13.6 Å². The third-order valence-electron chi connectivity index (χ3n) is 7.89. The van der Waals surface area contributed by atoms with E-state index < -0.39 is 28.9 Å². The first kappa shape index (κ1) is 28.4. The molecule has 1 saturated heterocycles. The Hall–Kier alpha value is -4.08. The molecule has 0 radical (unpaired) electrons. The highest BCUT2D eigenvalue weighted by atomic mass is 19.1. The molecule has 0 bridgehead atoms. The summed E-state index contributed by atoms with van der Waals surface area (Å²) in [6.45, 7) is 4.83. The molecule has 1 aliphatic heterocycles. The Labute approximate surface area is 238 Å². The average molecular weight is 560 g/mol. The molecule has 0 amide bonds. The van der Waals surface area contributed by atoms with Gasteiger partial charge in [0.25, 0.3) is 5.56 Å². The molecule has 1 aliphatic rings. The van der Waals surface area contributed by atoms with Gasteiger partial charge >= 0.3 is 5.69 Å². The van der Waals surface area contributed by atoms with Gasteiger partial charge in [0.15, 0.2) is 0 Å². The molecule has 2 N–H and O–H groups in total. The molecule has 7 nitrogen and oxygen atoms in total. The number of anilines is 1. The van der Waals surface area contributed by atoms with Gasteiger partial charge < -0.3 is 10.6 Å². The van der Waals surface area contributed by atoms with E-state index in [-0.39, 0.29) is 18.7 Å². The van der Waals surface area contributed by atoms with E-state index in [0.717, 1.165) is 48.3 Å². The summed E-state index contributed by atoms with van der Waals surface area (Å²) in [6, 6.07) is 22.5. The molecule has 2 heterocycles. The third kappa shape index (κ3) is 6.31. The lowest BCUT2D eigenvalue weighted by atomic mass is 10.1. The molecule has 4 aromatic rings. The first-order valence-electron chi connectivity index (χ1n) is 13.9. The predicted molar refractivity (Wildman–Crippen MR) is 157 cm³/mol. The fraction of sp³-hybridized carbons (Fsp3) is 0.312. The molecule has 0 aliphatic carbocycles. The van der Waals surface area contributed by atoms with Crippen LogP contribution in [0.4, 0.5) is 14.5 Å². The molecule has 0 unspecified atom stereocenters. The number of hydrogen-bond donors (Lipinski definition) is 1. The zero-order valence-corrected chi connectivity index (χ0v) is 23.2. The normalized spacial score (nSPS) is 14.8. The zero-order valence-electron chi connectivity index (χ0n) is 23.2. The minimum Gasteiger partial charge on any atom is -0.363 e. The van der Waals surface area contributed by atoms with Gasteiger partial charge in [-0.1, -0.05) is 66.7 Å². The van der Waals surface area contributed by atoms with E-state index in [1.165, 1.54) is 16.2 Å². The summed E-state index contributed by atoms with van der Waals surface area (Å²) in [5.41, 5.74) is 7.91. The molecule has 41 heavy (non-hydrogen) atoms. The number of halogens is 2. The van der Waals surface area contributed by atoms with Crippen LogP contribution in [0.15, 0.2) is 88.5 Å². The molecule has 1 atom stereocenters. The average Bonchev–Trinajstić information content (AvgIpc) is 2.99. The predicted octanol–water partition coefficient (Wildman–Crippen LogP) is 3.71. The quantitative estimate of drug-likeness (QED) is 0.339. The largest absolute Gasteiger partial charge is 0.363 e. The van der Waals surface area contributed by atoms with Gasteiger partial charge in [-0.3, -0.25) is 18.8 Å². The van der Waals surface area contributed by atoms with E-state index in [4.69, 9.17) is 5.73 Å². The van der Waals surface area contributed by atoms with Crippen molar-refractivity contribution in [3.8, 4) is 0 Å². The molecule has 5 rings (SSSR count). The van der Waals surface area contributed by atoms with Gasteiger partial charge in [0.2, 0.25) is 0 Å². The number of rotatable bonds is 9. The molecular formula is C32H35F2N5O2. The Bertz CT molecular complexity index is 1580. The Kier molecular flexibility index (Phi) is 8.75. The Morgan fingerprint density at radius 3 is 2.05 bits per heavy atom. The van der Waals surface area contributed by atoms with Crippen LogP contribution in [0.2, 0.25) is 0 Å². The smallest absolute Gasteiger partial charge is 0.331 e. The van der Waals surface area contributed by atoms with Crippen LogP contribution in [0.1, 0.15) is 28.4 Å². The lowest BCUT2D eigenvalue weighted by Gasteiger charge is -2.37. The summed E-state index contributed by atoms with van der Waals surface area (Å²) in [4.78, 5) is 31.9. The third-order valence-corrected chi connectivity index (χ3v) is 7.89. The van der Waals surface area contributed by atoms with Crippen LogP contribution in [-0.2, 0) is 19.5 Å². The monoisotopic (exact) mass is 559 g/mol.